The van der Waals surface area contributed by atoms with Crippen molar-refractivity contribution in [1.29, 1.82) is 0 Å². The first-order valence-electron chi connectivity index (χ1n) is 7.55. The van der Waals surface area contributed by atoms with Gasteiger partial charge in [-0.25, -0.2) is 0 Å². The van der Waals surface area contributed by atoms with Gasteiger partial charge in [-0.3, -0.25) is 9.59 Å². The number of amides is 1. The van der Waals surface area contributed by atoms with Gasteiger partial charge in [0.1, 0.15) is 0 Å². The molecule has 0 heterocycles. The van der Waals surface area contributed by atoms with Crippen LogP contribution in [-0.2, 0) is 27.2 Å². The molecule has 4 nitrogen and oxygen atoms in total. The third-order valence-corrected chi connectivity index (χ3v) is 4.27. The monoisotopic (exact) mass is 321 g/mol. The molecule has 2 rings (SSSR count). The molecule has 0 radical (unpaired) electrons. The van der Waals surface area contributed by atoms with E-state index >= 15 is 0 Å². The van der Waals surface area contributed by atoms with E-state index in [4.69, 9.17) is 4.74 Å². The second-order valence-electron chi connectivity index (χ2n) is 6.53. The highest BCUT2D eigenvalue weighted by Gasteiger charge is 2.16. The van der Waals surface area contributed by atoms with Crippen LogP contribution in [0, 0.1) is 0 Å². The standard InChI is InChI=1S/C17H23NO3S/c1-17(2,3)18-15(19)10-21-16(20)11-22-14-8-7-12-5-4-6-13(12)9-14/h7-9H,4-6,10-11H2,1-3H3,(H,18,19). The zero-order valence-electron chi connectivity index (χ0n) is 13.4. The van der Waals surface area contributed by atoms with E-state index < -0.39 is 0 Å². The average Bonchev–Trinajstić information content (AvgIpc) is 2.88. The van der Waals surface area contributed by atoms with Crippen LogP contribution < -0.4 is 5.32 Å². The second kappa shape index (κ2) is 7.18. The first-order chi connectivity index (χ1) is 10.3. The van der Waals surface area contributed by atoms with E-state index in [2.05, 4.69) is 23.5 Å². The first kappa shape index (κ1) is 16.9. The van der Waals surface area contributed by atoms with Crippen molar-refractivity contribution in [2.45, 2.75) is 50.5 Å². The topological polar surface area (TPSA) is 55.4 Å². The number of carbonyl (C=O) groups excluding carboxylic acids is 2. The summed E-state index contributed by atoms with van der Waals surface area (Å²) in [5, 5.41) is 2.75. The Morgan fingerprint density at radius 2 is 1.95 bits per heavy atom. The Morgan fingerprint density at radius 3 is 2.68 bits per heavy atom. The number of benzene rings is 1. The minimum absolute atomic E-state index is 0.221. The molecule has 0 aromatic heterocycles. The van der Waals surface area contributed by atoms with E-state index in [0.29, 0.717) is 0 Å². The Labute approximate surface area is 136 Å². The smallest absolute Gasteiger partial charge is 0.316 e. The first-order valence-corrected chi connectivity index (χ1v) is 8.53. The molecule has 0 spiro atoms. The molecule has 1 aliphatic carbocycles. The largest absolute Gasteiger partial charge is 0.455 e. The van der Waals surface area contributed by atoms with Crippen LogP contribution in [0.5, 0.6) is 0 Å². The van der Waals surface area contributed by atoms with Gasteiger partial charge in [-0.15, -0.1) is 11.8 Å². The lowest BCUT2D eigenvalue weighted by Crippen LogP contribution is -2.42. The van der Waals surface area contributed by atoms with Crippen LogP contribution >= 0.6 is 11.8 Å². The number of esters is 1. The lowest BCUT2D eigenvalue weighted by atomic mass is 10.1. The average molecular weight is 321 g/mol. The Morgan fingerprint density at radius 1 is 1.23 bits per heavy atom. The number of hydrogen-bond acceptors (Lipinski definition) is 4. The van der Waals surface area contributed by atoms with Crippen molar-refractivity contribution in [2.24, 2.45) is 0 Å². The van der Waals surface area contributed by atoms with Crippen molar-refractivity contribution < 1.29 is 14.3 Å². The van der Waals surface area contributed by atoms with Crippen LogP contribution in [0.25, 0.3) is 0 Å². The maximum atomic E-state index is 11.7. The molecule has 0 unspecified atom stereocenters. The Balaban J connectivity index is 1.73. The molecule has 1 aromatic carbocycles. The van der Waals surface area contributed by atoms with Crippen LogP contribution in [0.3, 0.4) is 0 Å². The molecule has 1 aromatic rings. The van der Waals surface area contributed by atoms with Crippen molar-refractivity contribution in [1.82, 2.24) is 5.32 Å². The fourth-order valence-electron chi connectivity index (χ4n) is 2.42. The number of aryl methyl sites for hydroxylation is 2. The fourth-order valence-corrected chi connectivity index (χ4v) is 3.18. The van der Waals surface area contributed by atoms with Crippen LogP contribution in [0.2, 0.25) is 0 Å². The summed E-state index contributed by atoms with van der Waals surface area (Å²) >= 11 is 1.45. The quantitative estimate of drug-likeness (QED) is 0.669. The van der Waals surface area contributed by atoms with Crippen molar-refractivity contribution >= 4 is 23.6 Å². The summed E-state index contributed by atoms with van der Waals surface area (Å²) < 4.78 is 4.99. The van der Waals surface area contributed by atoms with Gasteiger partial charge < -0.3 is 10.1 Å². The van der Waals surface area contributed by atoms with E-state index in [0.717, 1.165) is 17.7 Å². The minimum atomic E-state index is -0.366. The van der Waals surface area contributed by atoms with E-state index in [9.17, 15) is 9.59 Å². The summed E-state index contributed by atoms with van der Waals surface area (Å²) in [6, 6.07) is 6.35. The molecular formula is C17H23NO3S. The Hall–Kier alpha value is -1.49. The van der Waals surface area contributed by atoms with Crippen LogP contribution in [0.4, 0.5) is 0 Å². The zero-order valence-corrected chi connectivity index (χ0v) is 14.2. The summed E-state index contributed by atoms with van der Waals surface area (Å²) in [6.45, 7) is 5.43. The van der Waals surface area contributed by atoms with E-state index in [-0.39, 0.29) is 29.8 Å². The van der Waals surface area contributed by atoms with Crippen molar-refractivity contribution in [2.75, 3.05) is 12.4 Å². The van der Waals surface area contributed by atoms with E-state index in [1.54, 1.807) is 0 Å². The molecule has 120 valence electrons. The Bertz CT molecular complexity index is 564. The van der Waals surface area contributed by atoms with Gasteiger partial charge in [0.25, 0.3) is 5.91 Å². The number of ether oxygens (including phenoxy) is 1. The SMILES string of the molecule is CC(C)(C)NC(=O)COC(=O)CSc1ccc2c(c1)CCC2. The van der Waals surface area contributed by atoms with Crippen molar-refractivity contribution in [3.8, 4) is 0 Å². The van der Waals surface area contributed by atoms with Crippen LogP contribution in [0.15, 0.2) is 23.1 Å². The molecule has 5 heteroatoms. The van der Waals surface area contributed by atoms with E-state index in [1.807, 2.05) is 20.8 Å². The summed E-state index contributed by atoms with van der Waals surface area (Å²) in [5.41, 5.74) is 2.50. The molecular weight excluding hydrogens is 298 g/mol. The lowest BCUT2D eigenvalue weighted by Gasteiger charge is -2.20. The number of carbonyl (C=O) groups is 2. The van der Waals surface area contributed by atoms with Gasteiger partial charge in [-0.2, -0.15) is 0 Å². The molecule has 0 atom stereocenters. The van der Waals surface area contributed by atoms with Crippen molar-refractivity contribution in [3.63, 3.8) is 0 Å². The molecule has 1 amide bonds. The molecule has 22 heavy (non-hydrogen) atoms. The summed E-state index contributed by atoms with van der Waals surface area (Å²) in [7, 11) is 0. The molecule has 0 bridgehead atoms. The van der Waals surface area contributed by atoms with Gasteiger partial charge in [0, 0.05) is 10.4 Å². The molecule has 0 saturated heterocycles. The van der Waals surface area contributed by atoms with Gasteiger partial charge in [0.15, 0.2) is 6.61 Å². The summed E-state index contributed by atoms with van der Waals surface area (Å²) in [5.74, 6) is -0.417. The maximum absolute atomic E-state index is 11.7. The molecule has 1 N–H and O–H groups in total. The fraction of sp³-hybridized carbons (Fsp3) is 0.529. The van der Waals surface area contributed by atoms with Crippen molar-refractivity contribution in [3.05, 3.63) is 29.3 Å². The maximum Gasteiger partial charge on any atom is 0.316 e. The molecule has 0 aliphatic heterocycles. The van der Waals surface area contributed by atoms with Gasteiger partial charge in [0.05, 0.1) is 5.75 Å². The van der Waals surface area contributed by atoms with Gasteiger partial charge in [-0.1, -0.05) is 6.07 Å². The van der Waals surface area contributed by atoms with Crippen LogP contribution in [-0.4, -0.2) is 29.8 Å². The summed E-state index contributed by atoms with van der Waals surface area (Å²) in [4.78, 5) is 24.3. The number of nitrogens with one attached hydrogen (secondary N) is 1. The van der Waals surface area contributed by atoms with Gasteiger partial charge >= 0.3 is 5.97 Å². The van der Waals surface area contributed by atoms with E-state index in [1.165, 1.54) is 29.3 Å². The predicted octanol–water partition coefficient (Wildman–Crippen LogP) is 2.73. The lowest BCUT2D eigenvalue weighted by molar-refractivity contribution is -0.146. The predicted molar refractivity (Wildman–Crippen MR) is 88.0 cm³/mol. The molecule has 0 saturated carbocycles. The second-order valence-corrected chi connectivity index (χ2v) is 7.58. The number of thioether (sulfide) groups is 1. The van der Waals surface area contributed by atoms with Gasteiger partial charge in [0.2, 0.25) is 0 Å². The minimum Gasteiger partial charge on any atom is -0.455 e. The number of fused-ring (bicyclic) bond motifs is 1. The zero-order chi connectivity index (χ0) is 16.2. The number of rotatable bonds is 5. The third-order valence-electron chi connectivity index (χ3n) is 3.31. The molecule has 1 aliphatic rings. The number of hydrogen-bond donors (Lipinski definition) is 1. The highest BCUT2D eigenvalue weighted by Crippen LogP contribution is 2.27. The highest BCUT2D eigenvalue weighted by molar-refractivity contribution is 8.00. The summed E-state index contributed by atoms with van der Waals surface area (Å²) in [6.07, 6.45) is 3.50. The highest BCUT2D eigenvalue weighted by atomic mass is 32.2. The van der Waals surface area contributed by atoms with Gasteiger partial charge in [-0.05, 0) is 63.3 Å². The van der Waals surface area contributed by atoms with Crippen LogP contribution in [0.1, 0.15) is 38.3 Å². The Kier molecular flexibility index (Phi) is 5.51. The third kappa shape index (κ3) is 5.37. The molecule has 0 fully saturated rings. The normalized spacial score (nSPS) is 13.6.